The Morgan fingerprint density at radius 2 is 0.950 bits per heavy atom. The van der Waals surface area contributed by atoms with Crippen molar-refractivity contribution in [1.29, 1.82) is 0 Å². The predicted octanol–water partition coefficient (Wildman–Crippen LogP) is 4.89. The first kappa shape index (κ1) is 27.4. The first-order valence-corrected chi connectivity index (χ1v) is 11.5. The molecular weight excluding hydrogens is 524 g/mol. The Morgan fingerprint density at radius 1 is 0.600 bits per heavy atom. The summed E-state index contributed by atoms with van der Waals surface area (Å²) in [6.45, 7) is 0. The number of nitrogens with zero attached hydrogens (tertiary/aromatic N) is 4. The summed E-state index contributed by atoms with van der Waals surface area (Å²) in [7, 11) is 5.24. The maximum atomic E-state index is 13.8. The fourth-order valence-electron chi connectivity index (χ4n) is 4.28. The first-order chi connectivity index (χ1) is 19.3. The zero-order chi connectivity index (χ0) is 29.0. The highest BCUT2D eigenvalue weighted by Crippen LogP contribution is 2.45. The average molecular weight is 546 g/mol. The van der Waals surface area contributed by atoms with E-state index in [0.29, 0.717) is 0 Å². The number of aromatic nitrogens is 2. The zero-order valence-electron chi connectivity index (χ0n) is 21.7. The molecule has 13 heteroatoms. The Hall–Kier alpha value is -5.59. The fraction of sp³-hybridized carbons (Fsp3) is 0.148. The van der Waals surface area contributed by atoms with Gasteiger partial charge in [0.05, 0.1) is 60.5 Å². The molecule has 2 aromatic heterocycles. The molecule has 0 atom stereocenters. The minimum absolute atomic E-state index is 0.0395. The molecule has 40 heavy (non-hydrogen) atoms. The smallest absolute Gasteiger partial charge is 0.277 e. The Bertz CT molecular complexity index is 1520. The number of ether oxygens (including phenoxy) is 4. The molecule has 2 heterocycles. The van der Waals surface area contributed by atoms with Crippen molar-refractivity contribution in [3.05, 3.63) is 92.5 Å². The van der Waals surface area contributed by atoms with Gasteiger partial charge in [0.1, 0.15) is 0 Å². The highest BCUT2D eigenvalue weighted by molar-refractivity contribution is 6.11. The van der Waals surface area contributed by atoms with Crippen LogP contribution in [-0.2, 0) is 0 Å². The van der Waals surface area contributed by atoms with E-state index in [4.69, 9.17) is 18.9 Å². The molecule has 0 saturated carbocycles. The monoisotopic (exact) mass is 546 g/mol. The number of rotatable bonds is 10. The molecule has 204 valence electrons. The minimum atomic E-state index is -0.742. The van der Waals surface area contributed by atoms with Gasteiger partial charge in [-0.3, -0.25) is 25.0 Å². The quantitative estimate of drug-likeness (QED) is 0.151. The number of pyridine rings is 2. The van der Waals surface area contributed by atoms with E-state index in [1.165, 1.54) is 77.2 Å². The third-order valence-corrected chi connectivity index (χ3v) is 6.01. The molecule has 0 fully saturated rings. The topological polar surface area (TPSA) is 166 Å². The number of para-hydroxylation sites is 2. The third kappa shape index (κ3) is 4.71. The highest BCUT2D eigenvalue weighted by atomic mass is 16.6. The van der Waals surface area contributed by atoms with Crippen molar-refractivity contribution in [3.63, 3.8) is 0 Å². The Balaban J connectivity index is 1.90. The van der Waals surface area contributed by atoms with E-state index in [9.17, 15) is 25.0 Å². The summed E-state index contributed by atoms with van der Waals surface area (Å²) in [6.07, 6.45) is 2.53. The SMILES string of the molecule is COc1c(-c2ccccc2[N+](=O)[O-])cnc(C(=O)c2ncc(-c3ccccc3[N+](=O)[O-])c(OC)c2OC)c1OC. The van der Waals surface area contributed by atoms with E-state index < -0.39 is 15.6 Å². The second-order valence-electron chi connectivity index (χ2n) is 8.05. The van der Waals surface area contributed by atoms with E-state index in [2.05, 4.69) is 9.97 Å². The van der Waals surface area contributed by atoms with Crippen LogP contribution in [0.15, 0.2) is 60.9 Å². The number of methoxy groups -OCH3 is 4. The number of nitro benzene ring substituents is 2. The molecule has 4 aromatic rings. The van der Waals surface area contributed by atoms with Crippen LogP contribution in [0, 0.1) is 20.2 Å². The lowest BCUT2D eigenvalue weighted by Gasteiger charge is -2.17. The Labute approximate surface area is 227 Å². The van der Waals surface area contributed by atoms with Crippen molar-refractivity contribution in [2.24, 2.45) is 0 Å². The third-order valence-electron chi connectivity index (χ3n) is 6.01. The molecule has 0 aliphatic heterocycles. The van der Waals surface area contributed by atoms with Crippen molar-refractivity contribution in [1.82, 2.24) is 9.97 Å². The average Bonchev–Trinajstić information content (AvgIpc) is 2.98. The summed E-state index contributed by atoms with van der Waals surface area (Å²) in [5.41, 5.74) is 0.0614. The molecule has 0 spiro atoms. The molecule has 0 amide bonds. The van der Waals surface area contributed by atoms with Crippen molar-refractivity contribution in [3.8, 4) is 45.3 Å². The Kier molecular flexibility index (Phi) is 7.84. The molecule has 0 bridgehead atoms. The standard InChI is InChI=1S/C27H22N4O9/c1-37-24-17(15-9-5-7-11-19(15)30(33)34)13-28-21(26(24)39-3)23(32)22-27(40-4)25(38-2)18(14-29-22)16-10-6-8-12-20(16)31(35)36/h5-14H,1-4H3. The number of ketones is 1. The van der Waals surface area contributed by atoms with Crippen molar-refractivity contribution < 1.29 is 33.6 Å². The highest BCUT2D eigenvalue weighted by Gasteiger charge is 2.31. The second kappa shape index (κ2) is 11.4. The number of hydrogen-bond donors (Lipinski definition) is 0. The Morgan fingerprint density at radius 3 is 1.27 bits per heavy atom. The molecule has 0 aliphatic carbocycles. The maximum Gasteiger partial charge on any atom is 0.277 e. The molecule has 0 unspecified atom stereocenters. The summed E-state index contributed by atoms with van der Waals surface area (Å²) >= 11 is 0. The van der Waals surface area contributed by atoms with Crippen LogP contribution >= 0.6 is 0 Å². The van der Waals surface area contributed by atoms with Crippen molar-refractivity contribution in [2.75, 3.05) is 28.4 Å². The zero-order valence-corrected chi connectivity index (χ0v) is 21.7. The summed E-state index contributed by atoms with van der Waals surface area (Å²) in [4.78, 5) is 44.4. The summed E-state index contributed by atoms with van der Waals surface area (Å²) in [5.74, 6) is -0.841. The van der Waals surface area contributed by atoms with Gasteiger partial charge in [-0.15, -0.1) is 0 Å². The first-order valence-electron chi connectivity index (χ1n) is 11.5. The lowest BCUT2D eigenvalue weighted by atomic mass is 10.0. The van der Waals surface area contributed by atoms with Crippen LogP contribution in [0.5, 0.6) is 23.0 Å². The van der Waals surface area contributed by atoms with Gasteiger partial charge in [0, 0.05) is 24.5 Å². The van der Waals surface area contributed by atoms with E-state index in [0.717, 1.165) is 0 Å². The second-order valence-corrected chi connectivity index (χ2v) is 8.05. The van der Waals surface area contributed by atoms with Crippen LogP contribution in [0.4, 0.5) is 11.4 Å². The van der Waals surface area contributed by atoms with Gasteiger partial charge in [-0.05, 0) is 12.1 Å². The van der Waals surface area contributed by atoms with Gasteiger partial charge in [0.15, 0.2) is 34.4 Å². The maximum absolute atomic E-state index is 13.8. The van der Waals surface area contributed by atoms with Gasteiger partial charge in [-0.1, -0.05) is 24.3 Å². The fourth-order valence-corrected chi connectivity index (χ4v) is 4.28. The van der Waals surface area contributed by atoms with Gasteiger partial charge < -0.3 is 18.9 Å². The number of nitro groups is 2. The number of carbonyl (C=O) groups excluding carboxylic acids is 1. The van der Waals surface area contributed by atoms with Crippen molar-refractivity contribution >= 4 is 17.2 Å². The number of carbonyl (C=O) groups is 1. The molecule has 13 nitrogen and oxygen atoms in total. The van der Waals surface area contributed by atoms with Crippen LogP contribution < -0.4 is 18.9 Å². The lowest BCUT2D eigenvalue weighted by molar-refractivity contribution is -0.384. The van der Waals surface area contributed by atoms with Crippen molar-refractivity contribution in [2.45, 2.75) is 0 Å². The minimum Gasteiger partial charge on any atom is -0.492 e. The number of hydrogen-bond acceptors (Lipinski definition) is 11. The van der Waals surface area contributed by atoms with Gasteiger partial charge in [0.25, 0.3) is 11.4 Å². The molecule has 0 N–H and O–H groups in total. The predicted molar refractivity (Wildman–Crippen MR) is 142 cm³/mol. The van der Waals surface area contributed by atoms with Gasteiger partial charge >= 0.3 is 0 Å². The van der Waals surface area contributed by atoms with Crippen LogP contribution in [0.25, 0.3) is 22.3 Å². The summed E-state index contributed by atoms with van der Waals surface area (Å²) in [6, 6.07) is 12.0. The van der Waals surface area contributed by atoms with E-state index in [1.807, 2.05) is 0 Å². The van der Waals surface area contributed by atoms with Gasteiger partial charge in [0.2, 0.25) is 5.78 Å². The van der Waals surface area contributed by atoms with Crippen LogP contribution in [-0.4, -0.2) is 54.0 Å². The van der Waals surface area contributed by atoms with Gasteiger partial charge in [-0.25, -0.2) is 9.97 Å². The van der Waals surface area contributed by atoms with E-state index in [-0.39, 0.29) is 68.0 Å². The molecule has 0 saturated heterocycles. The van der Waals surface area contributed by atoms with Crippen LogP contribution in [0.1, 0.15) is 16.2 Å². The molecular formula is C27H22N4O9. The van der Waals surface area contributed by atoms with Crippen LogP contribution in [0.2, 0.25) is 0 Å². The molecule has 2 aromatic carbocycles. The largest absolute Gasteiger partial charge is 0.492 e. The summed E-state index contributed by atoms with van der Waals surface area (Å²) < 4.78 is 22.0. The number of benzene rings is 2. The van der Waals surface area contributed by atoms with Gasteiger partial charge in [-0.2, -0.15) is 0 Å². The molecule has 4 rings (SSSR count). The molecule has 0 aliphatic rings. The summed E-state index contributed by atoms with van der Waals surface area (Å²) in [5, 5.41) is 23.2. The molecule has 0 radical (unpaired) electrons. The normalized spacial score (nSPS) is 10.5. The lowest BCUT2D eigenvalue weighted by Crippen LogP contribution is -2.13. The van der Waals surface area contributed by atoms with E-state index in [1.54, 1.807) is 12.1 Å². The van der Waals surface area contributed by atoms with E-state index >= 15 is 0 Å². The van der Waals surface area contributed by atoms with Crippen LogP contribution in [0.3, 0.4) is 0 Å².